The zero-order chi connectivity index (χ0) is 69.0. The van der Waals surface area contributed by atoms with E-state index in [1.807, 2.05) is 30.3 Å². The van der Waals surface area contributed by atoms with Crippen LogP contribution in [0.3, 0.4) is 0 Å². The van der Waals surface area contributed by atoms with Crippen molar-refractivity contribution in [3.05, 3.63) is 154 Å². The Bertz CT molecular complexity index is 4600. The van der Waals surface area contributed by atoms with Crippen LogP contribution in [-0.4, -0.2) is 166 Å². The van der Waals surface area contributed by atoms with E-state index in [-0.39, 0.29) is 83.0 Å². The number of ether oxygens (including phenoxy) is 2. The lowest BCUT2D eigenvalue weighted by Gasteiger charge is -2.22. The van der Waals surface area contributed by atoms with Gasteiger partial charge >= 0.3 is 24.1 Å². The molecule has 4 aromatic heterocycles. The molecule has 0 fully saturated rings. The van der Waals surface area contributed by atoms with Gasteiger partial charge in [0.15, 0.2) is 11.2 Å². The van der Waals surface area contributed by atoms with E-state index in [2.05, 4.69) is 61.8 Å². The number of aliphatic carboxylic acids is 3. The molecule has 0 aliphatic carbocycles. The number of nitrogen functional groups attached to an aromatic ring is 1. The number of carboxylic acid groups (broad SMARTS) is 3. The molecule has 0 saturated carbocycles. The molecule has 0 bridgehead atoms. The summed E-state index contributed by atoms with van der Waals surface area (Å²) in [7, 11) is 2.03. The highest BCUT2D eigenvalue weighted by atomic mass is 35.5. The molecule has 9 aromatic rings. The van der Waals surface area contributed by atoms with Gasteiger partial charge in [-0.3, -0.25) is 43.3 Å². The van der Waals surface area contributed by atoms with Gasteiger partial charge in [0.05, 0.1) is 30.5 Å². The number of carbonyl (C=O) groups excluding carboxylic acids is 7. The smallest absolute Gasteiger partial charge is 0.481 e. The van der Waals surface area contributed by atoms with Crippen LogP contribution in [0.15, 0.2) is 120 Å². The van der Waals surface area contributed by atoms with Crippen molar-refractivity contribution in [2.45, 2.75) is 55.9 Å². The molecule has 0 spiro atoms. The first kappa shape index (κ1) is 68.6. The molecule has 16 N–H and O–H groups in total. The second-order valence-electron chi connectivity index (χ2n) is 21.9. The van der Waals surface area contributed by atoms with Crippen LogP contribution in [0.2, 0.25) is 0 Å². The normalized spacial score (nSPS) is 13.8. The van der Waals surface area contributed by atoms with Gasteiger partial charge in [-0.15, -0.1) is 11.6 Å². The van der Waals surface area contributed by atoms with Gasteiger partial charge in [0, 0.05) is 93.0 Å². The van der Waals surface area contributed by atoms with Crippen molar-refractivity contribution in [3.8, 4) is 5.75 Å². The van der Waals surface area contributed by atoms with E-state index in [0.29, 0.717) is 50.1 Å². The van der Waals surface area contributed by atoms with Crippen molar-refractivity contribution in [2.24, 2.45) is 5.73 Å². The molecular formula is C63H60ClN15O16S2. The lowest BCUT2D eigenvalue weighted by Crippen LogP contribution is -2.57. The van der Waals surface area contributed by atoms with E-state index in [1.165, 1.54) is 30.5 Å². The minimum atomic E-state index is -1.84. The third-order valence-corrected chi connectivity index (χ3v) is 17.9. The van der Waals surface area contributed by atoms with Crippen LogP contribution in [0.5, 0.6) is 5.75 Å². The Kier molecular flexibility index (Phi) is 21.8. The van der Waals surface area contributed by atoms with E-state index < -0.39 is 109 Å². The zero-order valence-corrected chi connectivity index (χ0v) is 53.1. The highest BCUT2D eigenvalue weighted by Crippen LogP contribution is 2.46. The maximum atomic E-state index is 14.4. The molecule has 31 nitrogen and oxygen atoms in total. The number of nitrogens with two attached hydrogens (primary N) is 2. The SMILES string of the molecule is Nc1nc2ncc(CNc3ccc(C(=O)NC(CCC(=O)NCC(N)C(=O)NC(CC(=O)O)C(=O)NC(CSSCCOC(=O)Oc4cc5c(c6ccccc46)C(CCl)CN5C(=O)c4cc5cc(NC(=O)c6cc7ccccc7[nH]6)ccc5[nH]4)C(=O)O)C(=O)O)cc3)nc2c(=O)[nH]1. The largest absolute Gasteiger partial charge is 0.513 e. The van der Waals surface area contributed by atoms with Gasteiger partial charge in [-0.05, 0) is 78.0 Å². The summed E-state index contributed by atoms with van der Waals surface area (Å²) in [5, 5.41) is 47.1. The van der Waals surface area contributed by atoms with Gasteiger partial charge < -0.3 is 83.0 Å². The van der Waals surface area contributed by atoms with Crippen molar-refractivity contribution < 1.29 is 72.7 Å². The Morgan fingerprint density at radius 3 is 2.19 bits per heavy atom. The number of alkyl halides is 1. The first-order valence-electron chi connectivity index (χ1n) is 29.6. The summed E-state index contributed by atoms with van der Waals surface area (Å²) in [6.45, 7) is -0.457. The summed E-state index contributed by atoms with van der Waals surface area (Å²) in [6.07, 6.45) is -1.55. The lowest BCUT2D eigenvalue weighted by molar-refractivity contribution is -0.143. The maximum Gasteiger partial charge on any atom is 0.513 e. The Morgan fingerprint density at radius 2 is 1.44 bits per heavy atom. The minimum absolute atomic E-state index is 0.0116. The van der Waals surface area contributed by atoms with Crippen LogP contribution >= 0.6 is 33.2 Å². The number of carboxylic acids is 3. The van der Waals surface area contributed by atoms with Gasteiger partial charge in [0.25, 0.3) is 23.3 Å². The van der Waals surface area contributed by atoms with Crippen LogP contribution in [0.25, 0.3) is 43.7 Å². The summed E-state index contributed by atoms with van der Waals surface area (Å²) in [6, 6.07) is 24.2. The van der Waals surface area contributed by atoms with Crippen LogP contribution in [0, 0.1) is 0 Å². The van der Waals surface area contributed by atoms with E-state index >= 15 is 0 Å². The van der Waals surface area contributed by atoms with Crippen molar-refractivity contribution in [3.63, 3.8) is 0 Å². The van der Waals surface area contributed by atoms with Gasteiger partial charge in [-0.25, -0.2) is 24.4 Å². The molecule has 0 saturated heterocycles. The van der Waals surface area contributed by atoms with Crippen LogP contribution < -0.4 is 58.6 Å². The van der Waals surface area contributed by atoms with E-state index in [1.54, 1.807) is 59.5 Å². The number of H-pyrrole nitrogens is 3. The Labute approximate surface area is 560 Å². The quantitative estimate of drug-likeness (QED) is 0.00985. The number of amides is 6. The number of nitrogens with one attached hydrogen (secondary N) is 9. The Morgan fingerprint density at radius 1 is 0.742 bits per heavy atom. The van der Waals surface area contributed by atoms with Crippen LogP contribution in [-0.2, 0) is 40.0 Å². The Hall–Kier alpha value is -11.3. The fourth-order valence-corrected chi connectivity index (χ4v) is 12.6. The van der Waals surface area contributed by atoms with E-state index in [0.717, 1.165) is 38.1 Å². The predicted octanol–water partition coefficient (Wildman–Crippen LogP) is 4.79. The lowest BCUT2D eigenvalue weighted by atomic mass is 9.95. The average molecular weight is 1380 g/mol. The predicted molar refractivity (Wildman–Crippen MR) is 360 cm³/mol. The topological polar surface area (TPSA) is 480 Å². The highest BCUT2D eigenvalue weighted by Gasteiger charge is 2.37. The van der Waals surface area contributed by atoms with Crippen molar-refractivity contribution in [1.82, 2.24) is 51.2 Å². The molecule has 1 aliphatic heterocycles. The number of hydrogen-bond donors (Lipinski definition) is 14. The number of hydrogen-bond acceptors (Lipinski definition) is 21. The average Bonchev–Trinajstić information content (AvgIpc) is 1.61. The van der Waals surface area contributed by atoms with Crippen LogP contribution in [0.4, 0.5) is 27.8 Å². The van der Waals surface area contributed by atoms with Gasteiger partial charge in [0.1, 0.15) is 47.9 Å². The molecule has 0 radical (unpaired) electrons. The molecular weight excluding hydrogens is 1320 g/mol. The first-order valence-corrected chi connectivity index (χ1v) is 32.6. The van der Waals surface area contributed by atoms with Gasteiger partial charge in [0.2, 0.25) is 23.7 Å². The number of rotatable bonds is 29. The molecule has 97 heavy (non-hydrogen) atoms. The third-order valence-electron chi connectivity index (χ3n) is 15.2. The highest BCUT2D eigenvalue weighted by molar-refractivity contribution is 8.76. The molecule has 6 amide bonds. The van der Waals surface area contributed by atoms with E-state index in [9.17, 15) is 68.1 Å². The van der Waals surface area contributed by atoms with Gasteiger partial charge in [-0.1, -0.05) is 64.1 Å². The third kappa shape index (κ3) is 17.0. The number of nitrogens with zero attached hydrogens (tertiary/aromatic N) is 4. The molecule has 5 heterocycles. The second kappa shape index (κ2) is 30.9. The van der Waals surface area contributed by atoms with Crippen LogP contribution in [0.1, 0.15) is 67.8 Å². The van der Waals surface area contributed by atoms with Gasteiger partial charge in [-0.2, -0.15) is 4.98 Å². The fourth-order valence-electron chi connectivity index (χ4n) is 10.4. The number of anilines is 4. The first-order chi connectivity index (χ1) is 46.6. The maximum absolute atomic E-state index is 14.4. The van der Waals surface area contributed by atoms with Crippen molar-refractivity contribution in [2.75, 3.05) is 58.3 Å². The molecule has 34 heteroatoms. The Balaban J connectivity index is 0.654. The molecule has 5 unspecified atom stereocenters. The van der Waals surface area contributed by atoms with E-state index in [4.69, 9.17) is 32.5 Å². The summed E-state index contributed by atoms with van der Waals surface area (Å²) in [4.78, 5) is 164. The number of aromatic nitrogens is 6. The summed E-state index contributed by atoms with van der Waals surface area (Å²) in [5.41, 5.74) is 15.8. The monoisotopic (exact) mass is 1380 g/mol. The number of carbonyl (C=O) groups is 10. The summed E-state index contributed by atoms with van der Waals surface area (Å²) in [5.74, 6) is -9.44. The number of halogens is 1. The number of aromatic amines is 3. The summed E-state index contributed by atoms with van der Waals surface area (Å²) < 4.78 is 11.1. The van der Waals surface area contributed by atoms with Crippen molar-refractivity contribution >= 4 is 159 Å². The number of fused-ring (bicyclic) bond motifs is 6. The number of para-hydroxylation sites is 1. The molecule has 502 valence electrons. The molecule has 1 aliphatic rings. The molecule has 10 rings (SSSR count). The zero-order valence-electron chi connectivity index (χ0n) is 50.7. The standard InChI is InChI=1S/C63H60ClN15O16S2/c64-24-33-28-79(59(88)45-21-32-19-35(13-14-41(32)73-45)71-56(85)43-20-31-5-1-4-8-40(31)72-43)47-23-48(37-6-2-3-7-38(37)51(33)47)95-63(93)94-17-18-96-97-29-46(61(91)92)76-57(86)44(22-50(81)82)75-55(84)39(65)27-68-49(80)16-15-42(60(89)90)74-54(83)30-9-11-34(12-10-30)67-25-36-26-69-53-52(70-36)58(87)78-62(66)77-53/h1-14,19-21,23,26,33,39,42,44,46,67,72-73H,15-18,22,24-25,27-29,65H2,(H,68,80)(H,71,85)(H,74,83)(H,75,84)(H,76,86)(H,81,82)(H,89,90)(H,91,92)(H3,66,69,77,78,87). The van der Waals surface area contributed by atoms with Crippen molar-refractivity contribution in [1.29, 1.82) is 0 Å². The minimum Gasteiger partial charge on any atom is -0.481 e. The molecule has 5 aromatic carbocycles. The number of benzene rings is 5. The molecule has 5 atom stereocenters. The second-order valence-corrected chi connectivity index (χ2v) is 24.9. The summed E-state index contributed by atoms with van der Waals surface area (Å²) >= 11 is 6.53. The fraction of sp³-hybridized carbons (Fsp3) is 0.238.